The number of aryl methyl sites for hydroxylation is 1. The molecule has 1 aromatic heterocycles. The van der Waals surface area contributed by atoms with Crippen molar-refractivity contribution in [2.24, 2.45) is 13.0 Å². The molecule has 25 heavy (non-hydrogen) atoms. The number of ether oxygens (including phenoxy) is 1. The van der Waals surface area contributed by atoms with Gasteiger partial charge < -0.3 is 14.6 Å². The number of amides is 1. The van der Waals surface area contributed by atoms with Gasteiger partial charge in [-0.25, -0.2) is 4.98 Å². The number of nitrogens with one attached hydrogen (secondary N) is 1. The van der Waals surface area contributed by atoms with Crippen molar-refractivity contribution in [3.05, 3.63) is 41.4 Å². The van der Waals surface area contributed by atoms with E-state index in [9.17, 15) is 4.79 Å². The molecule has 2 aromatic rings. The summed E-state index contributed by atoms with van der Waals surface area (Å²) in [5.41, 5.74) is 0.621. The van der Waals surface area contributed by atoms with Gasteiger partial charge in [0.1, 0.15) is 11.6 Å². The third-order valence-corrected chi connectivity index (χ3v) is 4.90. The molecular weight excluding hydrogens is 340 g/mol. The Balaban J connectivity index is 1.55. The van der Waals surface area contributed by atoms with E-state index in [-0.39, 0.29) is 11.8 Å². The van der Waals surface area contributed by atoms with E-state index in [1.807, 2.05) is 24.0 Å². The van der Waals surface area contributed by atoms with Crippen LogP contribution < -0.4 is 10.1 Å². The quantitative estimate of drug-likeness (QED) is 0.888. The van der Waals surface area contributed by atoms with Crippen LogP contribution in [0.25, 0.3) is 0 Å². The van der Waals surface area contributed by atoms with Gasteiger partial charge in [0.2, 0.25) is 5.91 Å². The maximum atomic E-state index is 12.6. The summed E-state index contributed by atoms with van der Waals surface area (Å²) in [6.07, 6.45) is 5.43. The molecule has 1 aliphatic rings. The fourth-order valence-corrected chi connectivity index (χ4v) is 3.29. The average Bonchev–Trinajstić information content (AvgIpc) is 3.00. The van der Waals surface area contributed by atoms with Gasteiger partial charge in [0.25, 0.3) is 0 Å². The second kappa shape index (κ2) is 7.89. The van der Waals surface area contributed by atoms with E-state index >= 15 is 0 Å². The van der Waals surface area contributed by atoms with Crippen molar-refractivity contribution in [1.29, 1.82) is 0 Å². The zero-order chi connectivity index (χ0) is 17.8. The third-order valence-electron chi connectivity index (χ3n) is 4.66. The zero-order valence-corrected chi connectivity index (χ0v) is 15.3. The Morgan fingerprint density at radius 3 is 2.80 bits per heavy atom. The van der Waals surface area contributed by atoms with E-state index in [0.717, 1.165) is 38.3 Å². The van der Waals surface area contributed by atoms with E-state index in [1.165, 1.54) is 0 Å². The van der Waals surface area contributed by atoms with Crippen molar-refractivity contribution < 1.29 is 9.53 Å². The predicted molar refractivity (Wildman–Crippen MR) is 97.8 cm³/mol. The molecule has 0 atom stereocenters. The minimum absolute atomic E-state index is 0.00121. The normalized spacial score (nSPS) is 16.0. The first kappa shape index (κ1) is 17.8. The number of carbonyl (C=O) groups excluding carboxylic acids is 1. The molecule has 0 spiro atoms. The number of anilines is 1. The number of hydrogen-bond acceptors (Lipinski definition) is 4. The lowest BCUT2D eigenvalue weighted by Gasteiger charge is -2.31. The molecule has 6 nitrogen and oxygen atoms in total. The Kier molecular flexibility index (Phi) is 5.60. The summed E-state index contributed by atoms with van der Waals surface area (Å²) in [6.45, 7) is 2.59. The van der Waals surface area contributed by atoms with Crippen LogP contribution in [0.15, 0.2) is 30.6 Å². The van der Waals surface area contributed by atoms with E-state index in [0.29, 0.717) is 16.5 Å². The number of methoxy groups -OCH3 is 1. The third kappa shape index (κ3) is 4.32. The van der Waals surface area contributed by atoms with Gasteiger partial charge in [0.05, 0.1) is 19.3 Å². The predicted octanol–water partition coefficient (Wildman–Crippen LogP) is 2.93. The Hall–Kier alpha value is -2.05. The number of likely N-dealkylation sites (tertiary alicyclic amines) is 1. The Labute approximate surface area is 152 Å². The van der Waals surface area contributed by atoms with Crippen LogP contribution in [-0.4, -0.2) is 40.6 Å². The molecule has 1 saturated heterocycles. The molecule has 1 N–H and O–H groups in total. The van der Waals surface area contributed by atoms with Crippen LogP contribution in [0.2, 0.25) is 5.02 Å². The first-order valence-electron chi connectivity index (χ1n) is 8.40. The van der Waals surface area contributed by atoms with Gasteiger partial charge in [-0.05, 0) is 44.1 Å². The summed E-state index contributed by atoms with van der Waals surface area (Å²) in [7, 11) is 3.58. The number of hydrogen-bond donors (Lipinski definition) is 1. The van der Waals surface area contributed by atoms with Crippen LogP contribution >= 0.6 is 11.6 Å². The molecule has 134 valence electrons. The summed E-state index contributed by atoms with van der Waals surface area (Å²) < 4.78 is 7.32. The number of piperidine rings is 1. The van der Waals surface area contributed by atoms with Crippen LogP contribution in [0.4, 0.5) is 5.69 Å². The smallest absolute Gasteiger partial charge is 0.227 e. The fraction of sp³-hybridized carbons (Fsp3) is 0.444. The van der Waals surface area contributed by atoms with Gasteiger partial charge in [-0.2, -0.15) is 0 Å². The zero-order valence-electron chi connectivity index (χ0n) is 14.5. The largest absolute Gasteiger partial charge is 0.495 e. The van der Waals surface area contributed by atoms with Crippen molar-refractivity contribution in [1.82, 2.24) is 14.5 Å². The van der Waals surface area contributed by atoms with Gasteiger partial charge in [-0.1, -0.05) is 11.6 Å². The highest BCUT2D eigenvalue weighted by atomic mass is 35.5. The minimum atomic E-state index is 0.00121. The highest BCUT2D eigenvalue weighted by molar-refractivity contribution is 6.31. The van der Waals surface area contributed by atoms with Gasteiger partial charge in [0, 0.05) is 30.4 Å². The molecule has 0 radical (unpaired) electrons. The molecular formula is C18H23ClN4O2. The highest BCUT2D eigenvalue weighted by Crippen LogP contribution is 2.29. The maximum Gasteiger partial charge on any atom is 0.227 e. The van der Waals surface area contributed by atoms with Crippen LogP contribution in [-0.2, 0) is 18.4 Å². The number of carbonyl (C=O) groups is 1. The lowest BCUT2D eigenvalue weighted by molar-refractivity contribution is -0.121. The Bertz CT molecular complexity index is 738. The van der Waals surface area contributed by atoms with E-state index in [1.54, 1.807) is 25.3 Å². The Morgan fingerprint density at radius 1 is 1.40 bits per heavy atom. The molecule has 0 bridgehead atoms. The first-order valence-corrected chi connectivity index (χ1v) is 8.77. The number of rotatable bonds is 5. The lowest BCUT2D eigenvalue weighted by atomic mass is 9.95. The van der Waals surface area contributed by atoms with E-state index in [4.69, 9.17) is 16.3 Å². The van der Waals surface area contributed by atoms with Crippen molar-refractivity contribution in [3.8, 4) is 5.75 Å². The summed E-state index contributed by atoms with van der Waals surface area (Å²) in [5, 5.41) is 3.53. The summed E-state index contributed by atoms with van der Waals surface area (Å²) in [4.78, 5) is 19.3. The average molecular weight is 363 g/mol. The van der Waals surface area contributed by atoms with Gasteiger partial charge in [-0.3, -0.25) is 9.69 Å². The van der Waals surface area contributed by atoms with Crippen LogP contribution in [0, 0.1) is 5.92 Å². The number of halogens is 1. The summed E-state index contributed by atoms with van der Waals surface area (Å²) >= 11 is 6.02. The monoisotopic (exact) mass is 362 g/mol. The number of benzene rings is 1. The van der Waals surface area contributed by atoms with Crippen LogP contribution in [0.3, 0.4) is 0 Å². The lowest BCUT2D eigenvalue weighted by Crippen LogP contribution is -2.38. The van der Waals surface area contributed by atoms with Crippen molar-refractivity contribution >= 4 is 23.2 Å². The van der Waals surface area contributed by atoms with Crippen LogP contribution in [0.1, 0.15) is 18.7 Å². The van der Waals surface area contributed by atoms with Gasteiger partial charge in [-0.15, -0.1) is 0 Å². The fourth-order valence-electron chi connectivity index (χ4n) is 3.11. The minimum Gasteiger partial charge on any atom is -0.495 e. The molecule has 2 heterocycles. The van der Waals surface area contributed by atoms with Gasteiger partial charge >= 0.3 is 0 Å². The molecule has 1 fully saturated rings. The summed E-state index contributed by atoms with van der Waals surface area (Å²) in [6, 6.07) is 5.22. The van der Waals surface area contributed by atoms with Crippen molar-refractivity contribution in [2.75, 3.05) is 25.5 Å². The topological polar surface area (TPSA) is 59.4 Å². The first-order chi connectivity index (χ1) is 12.1. The second-order valence-corrected chi connectivity index (χ2v) is 6.78. The molecule has 1 amide bonds. The number of aromatic nitrogens is 2. The van der Waals surface area contributed by atoms with E-state index in [2.05, 4.69) is 15.2 Å². The molecule has 0 unspecified atom stereocenters. The van der Waals surface area contributed by atoms with Crippen molar-refractivity contribution in [2.45, 2.75) is 19.4 Å². The maximum absolute atomic E-state index is 12.6. The second-order valence-electron chi connectivity index (χ2n) is 6.34. The van der Waals surface area contributed by atoms with Crippen LogP contribution in [0.5, 0.6) is 5.75 Å². The SMILES string of the molecule is COc1ccc(Cl)cc1NC(=O)C1CCN(Cc2nccn2C)CC1. The molecule has 7 heteroatoms. The number of nitrogens with zero attached hydrogens (tertiary/aromatic N) is 3. The molecule has 0 saturated carbocycles. The van der Waals surface area contributed by atoms with E-state index < -0.39 is 0 Å². The van der Waals surface area contributed by atoms with Crippen molar-refractivity contribution in [3.63, 3.8) is 0 Å². The molecule has 1 aliphatic heterocycles. The number of imidazole rings is 1. The standard InChI is InChI=1S/C18H23ClN4O2/c1-22-10-7-20-17(22)12-23-8-5-13(6-9-23)18(24)21-15-11-14(19)3-4-16(15)25-2/h3-4,7,10-11,13H,5-6,8-9,12H2,1-2H3,(H,21,24). The summed E-state index contributed by atoms with van der Waals surface area (Å²) in [5.74, 6) is 1.69. The molecule has 1 aromatic carbocycles. The van der Waals surface area contributed by atoms with Gasteiger partial charge in [0.15, 0.2) is 0 Å². The Morgan fingerprint density at radius 2 is 2.16 bits per heavy atom. The highest BCUT2D eigenvalue weighted by Gasteiger charge is 2.26. The molecule has 0 aliphatic carbocycles. The molecule has 3 rings (SSSR count).